The third-order valence-electron chi connectivity index (χ3n) is 3.33. The zero-order chi connectivity index (χ0) is 18.9. The van der Waals surface area contributed by atoms with E-state index in [2.05, 4.69) is 25.6 Å². The Morgan fingerprint density at radius 1 is 1.19 bits per heavy atom. The number of ether oxygens (including phenoxy) is 1. The first-order valence-corrected chi connectivity index (χ1v) is 8.87. The molecule has 0 atom stereocenters. The molecular weight excluding hydrogens is 379 g/mol. The van der Waals surface area contributed by atoms with E-state index in [0.717, 1.165) is 13.1 Å². The number of benzene rings is 1. The summed E-state index contributed by atoms with van der Waals surface area (Å²) in [5.41, 5.74) is 0.559. The highest BCUT2D eigenvalue weighted by Gasteiger charge is 2.10. The highest BCUT2D eigenvalue weighted by molar-refractivity contribution is 6.30. The number of nitrogens with one attached hydrogen (secondary N) is 2. The van der Waals surface area contributed by atoms with Gasteiger partial charge in [0.15, 0.2) is 0 Å². The molecule has 1 heterocycles. The standard InChI is InChI=1S/C16H20Cl2N6O2/c1-3-24(4-2)15-22-13(18)21-14(23-15)19-8-9-26-16(25)20-12-7-5-6-11(17)10-12/h5-7,10H,3-4,8-9H2,1-2H3,(H,20,25)(H,19,21,22,23). The largest absolute Gasteiger partial charge is 0.447 e. The number of hydrogen-bond acceptors (Lipinski definition) is 7. The van der Waals surface area contributed by atoms with E-state index in [1.807, 2.05) is 18.7 Å². The fourth-order valence-corrected chi connectivity index (χ4v) is 2.44. The molecule has 2 rings (SSSR count). The molecule has 1 aromatic carbocycles. The molecule has 0 spiro atoms. The van der Waals surface area contributed by atoms with Crippen LogP contribution in [0.1, 0.15) is 13.8 Å². The first kappa shape index (κ1) is 20.0. The van der Waals surface area contributed by atoms with E-state index in [1.165, 1.54) is 0 Å². The number of anilines is 3. The van der Waals surface area contributed by atoms with Crippen molar-refractivity contribution in [1.29, 1.82) is 0 Å². The predicted octanol–water partition coefficient (Wildman–Crippen LogP) is 3.69. The Labute approximate surface area is 161 Å². The van der Waals surface area contributed by atoms with Crippen molar-refractivity contribution in [2.75, 3.05) is 41.8 Å². The van der Waals surface area contributed by atoms with Gasteiger partial charge in [-0.15, -0.1) is 0 Å². The summed E-state index contributed by atoms with van der Waals surface area (Å²) in [7, 11) is 0. The average molecular weight is 399 g/mol. The molecule has 2 N–H and O–H groups in total. The SMILES string of the molecule is CCN(CC)c1nc(Cl)nc(NCCOC(=O)Nc2cccc(Cl)c2)n1. The lowest BCUT2D eigenvalue weighted by molar-refractivity contribution is 0.166. The van der Waals surface area contributed by atoms with Crippen LogP contribution in [-0.2, 0) is 4.74 Å². The summed E-state index contributed by atoms with van der Waals surface area (Å²) in [5, 5.41) is 6.17. The van der Waals surface area contributed by atoms with E-state index in [0.29, 0.717) is 29.2 Å². The third-order valence-corrected chi connectivity index (χ3v) is 3.74. The summed E-state index contributed by atoms with van der Waals surface area (Å²) in [4.78, 5) is 26.1. The van der Waals surface area contributed by atoms with Crippen LogP contribution in [0.2, 0.25) is 10.3 Å². The highest BCUT2D eigenvalue weighted by atomic mass is 35.5. The molecule has 26 heavy (non-hydrogen) atoms. The van der Waals surface area contributed by atoms with Gasteiger partial charge in [0.1, 0.15) is 6.61 Å². The maximum absolute atomic E-state index is 11.7. The van der Waals surface area contributed by atoms with Gasteiger partial charge in [-0.3, -0.25) is 5.32 Å². The molecule has 0 bridgehead atoms. The minimum atomic E-state index is -0.577. The lowest BCUT2D eigenvalue weighted by Crippen LogP contribution is -2.25. The van der Waals surface area contributed by atoms with Gasteiger partial charge in [-0.2, -0.15) is 15.0 Å². The fourth-order valence-electron chi connectivity index (χ4n) is 2.09. The third kappa shape index (κ3) is 6.20. The van der Waals surface area contributed by atoms with Crippen molar-refractivity contribution in [1.82, 2.24) is 15.0 Å². The van der Waals surface area contributed by atoms with Crippen LogP contribution in [0.5, 0.6) is 0 Å². The Morgan fingerprint density at radius 3 is 2.65 bits per heavy atom. The van der Waals surface area contributed by atoms with Gasteiger partial charge in [-0.1, -0.05) is 17.7 Å². The Kier molecular flexibility index (Phi) is 7.68. The lowest BCUT2D eigenvalue weighted by Gasteiger charge is -2.18. The summed E-state index contributed by atoms with van der Waals surface area (Å²) < 4.78 is 5.09. The predicted molar refractivity (Wildman–Crippen MR) is 103 cm³/mol. The molecule has 0 saturated heterocycles. The van der Waals surface area contributed by atoms with Gasteiger partial charge >= 0.3 is 6.09 Å². The second kappa shape index (κ2) is 9.98. The maximum atomic E-state index is 11.7. The summed E-state index contributed by atoms with van der Waals surface area (Å²) >= 11 is 11.8. The van der Waals surface area contributed by atoms with E-state index >= 15 is 0 Å². The monoisotopic (exact) mass is 398 g/mol. The van der Waals surface area contributed by atoms with E-state index < -0.39 is 6.09 Å². The van der Waals surface area contributed by atoms with Crippen molar-refractivity contribution in [3.05, 3.63) is 34.6 Å². The topological polar surface area (TPSA) is 92.3 Å². The van der Waals surface area contributed by atoms with Crippen molar-refractivity contribution in [3.63, 3.8) is 0 Å². The molecule has 1 aromatic heterocycles. The summed E-state index contributed by atoms with van der Waals surface area (Å²) in [6, 6.07) is 6.79. The molecule has 0 unspecified atom stereocenters. The number of carbonyl (C=O) groups excluding carboxylic acids is 1. The first-order valence-electron chi connectivity index (χ1n) is 8.11. The molecule has 0 aliphatic heterocycles. The zero-order valence-corrected chi connectivity index (χ0v) is 16.0. The number of rotatable bonds is 8. The number of aromatic nitrogens is 3. The van der Waals surface area contributed by atoms with Crippen molar-refractivity contribution < 1.29 is 9.53 Å². The van der Waals surface area contributed by atoms with Gasteiger partial charge in [-0.05, 0) is 43.6 Å². The Bertz CT molecular complexity index is 742. The average Bonchev–Trinajstić information content (AvgIpc) is 2.59. The molecule has 2 aromatic rings. The van der Waals surface area contributed by atoms with Gasteiger partial charge in [0.2, 0.25) is 17.2 Å². The highest BCUT2D eigenvalue weighted by Crippen LogP contribution is 2.15. The van der Waals surface area contributed by atoms with Crippen molar-refractivity contribution in [2.45, 2.75) is 13.8 Å². The number of nitrogens with zero attached hydrogens (tertiary/aromatic N) is 4. The number of carbonyl (C=O) groups is 1. The zero-order valence-electron chi connectivity index (χ0n) is 14.5. The smallest absolute Gasteiger partial charge is 0.411 e. The van der Waals surface area contributed by atoms with E-state index in [1.54, 1.807) is 24.3 Å². The molecule has 0 fully saturated rings. The van der Waals surface area contributed by atoms with Crippen molar-refractivity contribution in [3.8, 4) is 0 Å². The summed E-state index contributed by atoms with van der Waals surface area (Å²) in [5.74, 6) is 0.822. The van der Waals surface area contributed by atoms with Crippen LogP contribution in [0.3, 0.4) is 0 Å². The van der Waals surface area contributed by atoms with Crippen LogP contribution >= 0.6 is 23.2 Å². The summed E-state index contributed by atoms with van der Waals surface area (Å²) in [6.07, 6.45) is -0.577. The number of halogens is 2. The number of hydrogen-bond donors (Lipinski definition) is 2. The van der Waals surface area contributed by atoms with E-state index in [9.17, 15) is 4.79 Å². The Morgan fingerprint density at radius 2 is 1.96 bits per heavy atom. The fraction of sp³-hybridized carbons (Fsp3) is 0.375. The minimum absolute atomic E-state index is 0.101. The quantitative estimate of drug-likeness (QED) is 0.654. The summed E-state index contributed by atoms with van der Waals surface area (Å²) in [6.45, 7) is 5.95. The number of amides is 1. The molecule has 0 aliphatic carbocycles. The molecule has 140 valence electrons. The molecule has 0 saturated carbocycles. The van der Waals surface area contributed by atoms with E-state index in [-0.39, 0.29) is 11.9 Å². The van der Waals surface area contributed by atoms with Crippen LogP contribution in [0.4, 0.5) is 22.4 Å². The van der Waals surface area contributed by atoms with Gasteiger partial charge in [0, 0.05) is 23.8 Å². The molecular formula is C16H20Cl2N6O2. The molecule has 1 amide bonds. The normalized spacial score (nSPS) is 10.3. The molecule has 10 heteroatoms. The lowest BCUT2D eigenvalue weighted by atomic mass is 10.3. The van der Waals surface area contributed by atoms with Crippen molar-refractivity contribution in [2.24, 2.45) is 0 Å². The van der Waals surface area contributed by atoms with E-state index in [4.69, 9.17) is 27.9 Å². The van der Waals surface area contributed by atoms with Gasteiger partial charge < -0.3 is 15.0 Å². The van der Waals surface area contributed by atoms with Gasteiger partial charge in [-0.25, -0.2) is 4.79 Å². The molecule has 0 radical (unpaired) electrons. The van der Waals surface area contributed by atoms with Crippen LogP contribution in [0.15, 0.2) is 24.3 Å². The Balaban J connectivity index is 1.81. The van der Waals surface area contributed by atoms with Crippen LogP contribution in [0, 0.1) is 0 Å². The molecule has 8 nitrogen and oxygen atoms in total. The second-order valence-electron chi connectivity index (χ2n) is 5.10. The van der Waals surface area contributed by atoms with Crippen LogP contribution in [-0.4, -0.2) is 47.3 Å². The van der Waals surface area contributed by atoms with Gasteiger partial charge in [0.05, 0.1) is 6.54 Å². The first-order chi connectivity index (χ1) is 12.5. The Hall–Kier alpha value is -2.32. The maximum Gasteiger partial charge on any atom is 0.411 e. The minimum Gasteiger partial charge on any atom is -0.447 e. The van der Waals surface area contributed by atoms with Crippen molar-refractivity contribution >= 4 is 46.9 Å². The van der Waals surface area contributed by atoms with Crippen LogP contribution in [0.25, 0.3) is 0 Å². The second-order valence-corrected chi connectivity index (χ2v) is 5.87. The molecule has 0 aliphatic rings. The van der Waals surface area contributed by atoms with Gasteiger partial charge in [0.25, 0.3) is 0 Å². The van der Waals surface area contributed by atoms with Crippen LogP contribution < -0.4 is 15.5 Å².